The van der Waals surface area contributed by atoms with Crippen LogP contribution in [0.2, 0.25) is 0 Å². The molecule has 0 heterocycles. The second-order valence-corrected chi connectivity index (χ2v) is 7.61. The molecule has 4 nitrogen and oxygen atoms in total. The van der Waals surface area contributed by atoms with Gasteiger partial charge in [0.05, 0.1) is 17.0 Å². The van der Waals surface area contributed by atoms with Gasteiger partial charge in [-0.15, -0.1) is 0 Å². The van der Waals surface area contributed by atoms with Gasteiger partial charge in [0.2, 0.25) is 5.91 Å². The van der Waals surface area contributed by atoms with E-state index in [0.29, 0.717) is 24.8 Å². The smallest absolute Gasteiger partial charge is 0.416 e. The van der Waals surface area contributed by atoms with Gasteiger partial charge in [-0.3, -0.25) is 9.59 Å². The van der Waals surface area contributed by atoms with Crippen LogP contribution < -0.4 is 5.32 Å². The van der Waals surface area contributed by atoms with Gasteiger partial charge in [-0.05, 0) is 49.8 Å². The molecule has 142 valence electrons. The van der Waals surface area contributed by atoms with Crippen LogP contribution in [0.15, 0.2) is 24.3 Å². The third kappa shape index (κ3) is 3.71. The van der Waals surface area contributed by atoms with Gasteiger partial charge in [0, 0.05) is 5.92 Å². The minimum Gasteiger partial charge on any atom is -0.481 e. The Kier molecular flexibility index (Phi) is 4.75. The van der Waals surface area contributed by atoms with Crippen molar-refractivity contribution >= 4 is 11.9 Å². The highest BCUT2D eigenvalue weighted by Crippen LogP contribution is 2.48. The van der Waals surface area contributed by atoms with E-state index in [9.17, 15) is 27.9 Å². The summed E-state index contributed by atoms with van der Waals surface area (Å²) in [6, 6.07) is 4.91. The normalized spacial score (nSPS) is 31.3. The molecule has 2 N–H and O–H groups in total. The van der Waals surface area contributed by atoms with Crippen molar-refractivity contribution in [2.75, 3.05) is 0 Å². The minimum absolute atomic E-state index is 0.104. The molecule has 26 heavy (non-hydrogen) atoms. The Morgan fingerprint density at radius 1 is 1.19 bits per heavy atom. The molecule has 0 aromatic heterocycles. The van der Waals surface area contributed by atoms with E-state index in [0.717, 1.165) is 25.0 Å². The van der Waals surface area contributed by atoms with Crippen molar-refractivity contribution in [3.8, 4) is 0 Å². The van der Waals surface area contributed by atoms with Gasteiger partial charge in [-0.2, -0.15) is 13.2 Å². The molecule has 0 aliphatic heterocycles. The maximum absolute atomic E-state index is 12.6. The summed E-state index contributed by atoms with van der Waals surface area (Å²) < 4.78 is 37.9. The number of carbonyl (C=O) groups excluding carboxylic acids is 1. The highest BCUT2D eigenvalue weighted by atomic mass is 19.4. The van der Waals surface area contributed by atoms with Crippen LogP contribution >= 0.6 is 0 Å². The predicted molar refractivity (Wildman–Crippen MR) is 88.4 cm³/mol. The van der Waals surface area contributed by atoms with Gasteiger partial charge in [0.1, 0.15) is 0 Å². The summed E-state index contributed by atoms with van der Waals surface area (Å²) in [5, 5.41) is 12.3. The molecule has 2 fully saturated rings. The SMILES string of the molecule is CC1(NC(=O)C2CC2c2ccc(C(F)(F)F)cc2)CCCCC1C(=O)O. The van der Waals surface area contributed by atoms with Gasteiger partial charge >= 0.3 is 12.1 Å². The maximum atomic E-state index is 12.6. The van der Waals surface area contributed by atoms with Crippen molar-refractivity contribution in [2.45, 2.75) is 56.7 Å². The number of carbonyl (C=O) groups is 2. The molecular formula is C19H22F3NO3. The number of aliphatic carboxylic acids is 1. The van der Waals surface area contributed by atoms with Crippen LogP contribution in [0.25, 0.3) is 0 Å². The Balaban J connectivity index is 1.64. The van der Waals surface area contributed by atoms with E-state index in [1.54, 1.807) is 6.92 Å². The highest BCUT2D eigenvalue weighted by Gasteiger charge is 2.48. The van der Waals surface area contributed by atoms with Crippen LogP contribution in [0.4, 0.5) is 13.2 Å². The molecule has 2 aliphatic carbocycles. The fourth-order valence-corrected chi connectivity index (χ4v) is 4.03. The van der Waals surface area contributed by atoms with Crippen LogP contribution in [-0.4, -0.2) is 22.5 Å². The zero-order chi connectivity index (χ0) is 19.1. The molecule has 4 unspecified atom stereocenters. The number of hydrogen-bond acceptors (Lipinski definition) is 2. The second kappa shape index (κ2) is 6.59. The number of carboxylic acids is 1. The number of benzene rings is 1. The van der Waals surface area contributed by atoms with Gasteiger partial charge in [0.15, 0.2) is 0 Å². The molecule has 2 saturated carbocycles. The van der Waals surface area contributed by atoms with E-state index >= 15 is 0 Å². The number of rotatable bonds is 4. The first kappa shape index (κ1) is 18.7. The van der Waals surface area contributed by atoms with Gasteiger partial charge in [0.25, 0.3) is 0 Å². The van der Waals surface area contributed by atoms with Gasteiger partial charge in [-0.1, -0.05) is 25.0 Å². The lowest BCUT2D eigenvalue weighted by Gasteiger charge is -2.40. The first-order valence-corrected chi connectivity index (χ1v) is 8.84. The molecular weight excluding hydrogens is 347 g/mol. The fourth-order valence-electron chi connectivity index (χ4n) is 4.03. The topological polar surface area (TPSA) is 66.4 Å². The van der Waals surface area contributed by atoms with Crippen molar-refractivity contribution in [3.05, 3.63) is 35.4 Å². The molecule has 3 rings (SSSR count). The molecule has 1 aromatic carbocycles. The standard InChI is InChI=1S/C19H22F3NO3/c1-18(9-3-2-4-15(18)17(25)26)23-16(24)14-10-13(14)11-5-7-12(8-6-11)19(20,21)22/h5-8,13-15H,2-4,9-10H2,1H3,(H,23,24)(H,25,26). The third-order valence-corrected chi connectivity index (χ3v) is 5.71. The fraction of sp³-hybridized carbons (Fsp3) is 0.579. The summed E-state index contributed by atoms with van der Waals surface area (Å²) >= 11 is 0. The number of nitrogens with one attached hydrogen (secondary N) is 1. The van der Waals surface area contributed by atoms with Crippen molar-refractivity contribution < 1.29 is 27.9 Å². The lowest BCUT2D eigenvalue weighted by atomic mass is 9.73. The Hall–Kier alpha value is -2.05. The molecule has 4 atom stereocenters. The van der Waals surface area contributed by atoms with Gasteiger partial charge < -0.3 is 10.4 Å². The van der Waals surface area contributed by atoms with E-state index in [-0.39, 0.29) is 17.7 Å². The van der Waals surface area contributed by atoms with Gasteiger partial charge in [-0.25, -0.2) is 0 Å². The highest BCUT2D eigenvalue weighted by molar-refractivity contribution is 5.84. The van der Waals surface area contributed by atoms with E-state index < -0.39 is 29.2 Å². The van der Waals surface area contributed by atoms with Crippen molar-refractivity contribution in [2.24, 2.45) is 11.8 Å². The molecule has 7 heteroatoms. The molecule has 0 radical (unpaired) electrons. The lowest BCUT2D eigenvalue weighted by molar-refractivity contribution is -0.147. The lowest BCUT2D eigenvalue weighted by Crippen LogP contribution is -2.55. The number of halogens is 3. The van der Waals surface area contributed by atoms with E-state index in [1.807, 2.05) is 0 Å². The van der Waals surface area contributed by atoms with Crippen LogP contribution in [0, 0.1) is 11.8 Å². The predicted octanol–water partition coefficient (Wildman–Crippen LogP) is 3.96. The molecule has 2 aliphatic rings. The van der Waals surface area contributed by atoms with Crippen molar-refractivity contribution in [3.63, 3.8) is 0 Å². The van der Waals surface area contributed by atoms with Crippen molar-refractivity contribution in [1.29, 1.82) is 0 Å². The summed E-state index contributed by atoms with van der Waals surface area (Å²) in [6.45, 7) is 1.78. The summed E-state index contributed by atoms with van der Waals surface area (Å²) in [5.74, 6) is -2.12. The van der Waals surface area contributed by atoms with Crippen LogP contribution in [0.5, 0.6) is 0 Å². The van der Waals surface area contributed by atoms with E-state index in [2.05, 4.69) is 5.32 Å². The average Bonchev–Trinajstić information content (AvgIpc) is 3.34. The maximum Gasteiger partial charge on any atom is 0.416 e. The van der Waals surface area contributed by atoms with Crippen LogP contribution in [0.1, 0.15) is 56.1 Å². The number of amides is 1. The minimum atomic E-state index is -4.37. The van der Waals surface area contributed by atoms with E-state index in [1.165, 1.54) is 12.1 Å². The number of hydrogen-bond donors (Lipinski definition) is 2. The first-order valence-electron chi connectivity index (χ1n) is 8.84. The molecule has 1 aromatic rings. The monoisotopic (exact) mass is 369 g/mol. The zero-order valence-electron chi connectivity index (χ0n) is 14.5. The summed E-state index contributed by atoms with van der Waals surface area (Å²) in [6.07, 6.45) is -0.939. The Bertz CT molecular complexity index is 701. The second-order valence-electron chi connectivity index (χ2n) is 7.61. The van der Waals surface area contributed by atoms with E-state index in [4.69, 9.17) is 0 Å². The number of carboxylic acid groups (broad SMARTS) is 1. The molecule has 0 spiro atoms. The molecule has 1 amide bonds. The Labute approximate surface area is 149 Å². The molecule has 0 saturated heterocycles. The number of alkyl halides is 3. The van der Waals surface area contributed by atoms with Crippen LogP contribution in [-0.2, 0) is 15.8 Å². The zero-order valence-corrected chi connectivity index (χ0v) is 14.5. The summed E-state index contributed by atoms with van der Waals surface area (Å²) in [7, 11) is 0. The van der Waals surface area contributed by atoms with Crippen LogP contribution in [0.3, 0.4) is 0 Å². The Morgan fingerprint density at radius 3 is 2.42 bits per heavy atom. The Morgan fingerprint density at radius 2 is 1.85 bits per heavy atom. The average molecular weight is 369 g/mol. The summed E-state index contributed by atoms with van der Waals surface area (Å²) in [4.78, 5) is 24.1. The molecule has 0 bridgehead atoms. The third-order valence-electron chi connectivity index (χ3n) is 5.71. The quantitative estimate of drug-likeness (QED) is 0.844. The first-order chi connectivity index (χ1) is 12.1. The largest absolute Gasteiger partial charge is 0.481 e. The summed E-state index contributed by atoms with van der Waals surface area (Å²) in [5.41, 5.74) is -0.766. The van der Waals surface area contributed by atoms with Crippen molar-refractivity contribution in [1.82, 2.24) is 5.32 Å².